The first kappa shape index (κ1) is 14.2. The van der Waals surface area contributed by atoms with Crippen LogP contribution in [-0.2, 0) is 4.79 Å². The summed E-state index contributed by atoms with van der Waals surface area (Å²) in [5.41, 5.74) is -1.06. The number of nitrogens with zero attached hydrogens (tertiary/aromatic N) is 2. The molecule has 1 heterocycles. The number of carboxylic acids is 1. The smallest absolute Gasteiger partial charge is 0.305 e. The predicted molar refractivity (Wildman–Crippen MR) is 65.6 cm³/mol. The number of non-ortho nitro benzene ring substituents is 1. The van der Waals surface area contributed by atoms with Gasteiger partial charge in [0, 0.05) is 12.6 Å². The molecule has 0 radical (unpaired) electrons. The maximum Gasteiger partial charge on any atom is 0.305 e. The van der Waals surface area contributed by atoms with Crippen molar-refractivity contribution in [3.8, 4) is 0 Å². The zero-order valence-corrected chi connectivity index (χ0v) is 10.4. The Balaban J connectivity index is 2.37. The first-order valence-electron chi connectivity index (χ1n) is 6.02. The Morgan fingerprint density at radius 3 is 2.55 bits per heavy atom. The molecule has 108 valence electrons. The van der Waals surface area contributed by atoms with Gasteiger partial charge in [0.1, 0.15) is 5.69 Å². The van der Waals surface area contributed by atoms with Crippen molar-refractivity contribution in [2.45, 2.75) is 25.3 Å². The van der Waals surface area contributed by atoms with Crippen molar-refractivity contribution in [2.24, 2.45) is 0 Å². The minimum absolute atomic E-state index is 0.226. The third-order valence-electron chi connectivity index (χ3n) is 3.29. The monoisotopic (exact) mass is 286 g/mol. The fourth-order valence-electron chi connectivity index (χ4n) is 2.48. The Bertz CT molecular complexity index is 541. The standard InChI is InChI=1S/C12H12F2N2O4/c13-9-4-8(16(19)20)5-10(14)12(9)15-3-1-2-7(15)6-11(17)18/h4-5,7H,1-3,6H2,(H,17,18). The number of halogens is 2. The van der Waals surface area contributed by atoms with E-state index in [1.807, 2.05) is 0 Å². The van der Waals surface area contributed by atoms with Crippen molar-refractivity contribution < 1.29 is 23.6 Å². The van der Waals surface area contributed by atoms with Crippen molar-refractivity contribution >= 4 is 17.3 Å². The van der Waals surface area contributed by atoms with Crippen LogP contribution in [-0.4, -0.2) is 28.6 Å². The molecule has 2 rings (SSSR count). The number of hydrogen-bond donors (Lipinski definition) is 1. The van der Waals surface area contributed by atoms with Crippen LogP contribution in [0.5, 0.6) is 0 Å². The molecule has 20 heavy (non-hydrogen) atoms. The minimum atomic E-state index is -1.05. The molecule has 1 fully saturated rings. The molecule has 1 aliphatic rings. The van der Waals surface area contributed by atoms with Gasteiger partial charge in [-0.25, -0.2) is 8.78 Å². The molecule has 0 bridgehead atoms. The number of aliphatic carboxylic acids is 1. The van der Waals surface area contributed by atoms with Gasteiger partial charge in [-0.3, -0.25) is 14.9 Å². The second-order valence-electron chi connectivity index (χ2n) is 4.60. The lowest BCUT2D eigenvalue weighted by Gasteiger charge is -2.26. The van der Waals surface area contributed by atoms with Crippen LogP contribution in [0.2, 0.25) is 0 Å². The van der Waals surface area contributed by atoms with Crippen LogP contribution in [0.4, 0.5) is 20.2 Å². The van der Waals surface area contributed by atoms with E-state index in [0.29, 0.717) is 31.5 Å². The number of anilines is 1. The molecular formula is C12H12F2N2O4. The lowest BCUT2D eigenvalue weighted by atomic mass is 10.1. The molecule has 0 spiro atoms. The molecule has 8 heteroatoms. The van der Waals surface area contributed by atoms with Crippen LogP contribution in [0.1, 0.15) is 19.3 Å². The van der Waals surface area contributed by atoms with Crippen LogP contribution < -0.4 is 4.90 Å². The number of hydrogen-bond acceptors (Lipinski definition) is 4. The van der Waals surface area contributed by atoms with Crippen molar-refractivity contribution in [1.82, 2.24) is 0 Å². The highest BCUT2D eigenvalue weighted by atomic mass is 19.1. The highest BCUT2D eigenvalue weighted by molar-refractivity contribution is 5.69. The fraction of sp³-hybridized carbons (Fsp3) is 0.417. The van der Waals surface area contributed by atoms with Crippen LogP contribution in [0, 0.1) is 21.7 Å². The van der Waals surface area contributed by atoms with Crippen molar-refractivity contribution in [3.05, 3.63) is 33.9 Å². The molecular weight excluding hydrogens is 274 g/mol. The first-order chi connectivity index (χ1) is 9.40. The van der Waals surface area contributed by atoms with E-state index >= 15 is 0 Å². The van der Waals surface area contributed by atoms with Gasteiger partial charge in [-0.05, 0) is 12.8 Å². The van der Waals surface area contributed by atoms with E-state index in [1.165, 1.54) is 4.90 Å². The zero-order valence-electron chi connectivity index (χ0n) is 10.4. The lowest BCUT2D eigenvalue weighted by Crippen LogP contribution is -2.32. The van der Waals surface area contributed by atoms with E-state index in [-0.39, 0.29) is 12.1 Å². The van der Waals surface area contributed by atoms with Gasteiger partial charge in [-0.2, -0.15) is 0 Å². The van der Waals surface area contributed by atoms with E-state index in [2.05, 4.69) is 0 Å². The number of carbonyl (C=O) groups is 1. The molecule has 0 saturated carbocycles. The Hall–Kier alpha value is -2.25. The zero-order chi connectivity index (χ0) is 14.9. The fourth-order valence-corrected chi connectivity index (χ4v) is 2.48. The summed E-state index contributed by atoms with van der Waals surface area (Å²) in [7, 11) is 0. The normalized spacial score (nSPS) is 18.3. The number of rotatable bonds is 4. The van der Waals surface area contributed by atoms with E-state index in [4.69, 9.17) is 5.11 Å². The number of nitro groups is 1. The van der Waals surface area contributed by atoms with Gasteiger partial charge in [0.25, 0.3) is 5.69 Å². The number of benzene rings is 1. The third-order valence-corrected chi connectivity index (χ3v) is 3.29. The molecule has 0 amide bonds. The van der Waals surface area contributed by atoms with Gasteiger partial charge < -0.3 is 10.0 Å². The van der Waals surface area contributed by atoms with Crippen LogP contribution in [0.25, 0.3) is 0 Å². The van der Waals surface area contributed by atoms with Crippen molar-refractivity contribution in [2.75, 3.05) is 11.4 Å². The minimum Gasteiger partial charge on any atom is -0.481 e. The van der Waals surface area contributed by atoms with Crippen LogP contribution in [0.15, 0.2) is 12.1 Å². The highest BCUT2D eigenvalue weighted by Crippen LogP contribution is 2.34. The summed E-state index contributed by atoms with van der Waals surface area (Å²) in [6.07, 6.45) is 0.909. The molecule has 1 N–H and O–H groups in total. The second-order valence-corrected chi connectivity index (χ2v) is 4.60. The first-order valence-corrected chi connectivity index (χ1v) is 6.02. The molecule has 1 aliphatic heterocycles. The predicted octanol–water partition coefficient (Wildman–Crippen LogP) is 2.32. The molecule has 1 aromatic carbocycles. The van der Waals surface area contributed by atoms with Crippen molar-refractivity contribution in [3.63, 3.8) is 0 Å². The average molecular weight is 286 g/mol. The maximum absolute atomic E-state index is 13.9. The maximum atomic E-state index is 13.9. The van der Waals surface area contributed by atoms with Gasteiger partial charge in [0.15, 0.2) is 11.6 Å². The molecule has 1 atom stereocenters. The summed E-state index contributed by atoms with van der Waals surface area (Å²) in [4.78, 5) is 21.7. The van der Waals surface area contributed by atoms with E-state index < -0.39 is 34.3 Å². The summed E-state index contributed by atoms with van der Waals surface area (Å²) in [5.74, 6) is -3.15. The second kappa shape index (κ2) is 5.40. The van der Waals surface area contributed by atoms with Gasteiger partial charge in [0.2, 0.25) is 0 Å². The van der Waals surface area contributed by atoms with Crippen LogP contribution in [0.3, 0.4) is 0 Å². The SMILES string of the molecule is O=C(O)CC1CCCN1c1c(F)cc([N+](=O)[O-])cc1F. The molecule has 0 aliphatic carbocycles. The average Bonchev–Trinajstić information content (AvgIpc) is 2.75. The summed E-state index contributed by atoms with van der Waals surface area (Å²) in [6.45, 7) is 0.323. The molecule has 1 unspecified atom stereocenters. The Kier molecular flexibility index (Phi) is 3.82. The van der Waals surface area contributed by atoms with E-state index in [9.17, 15) is 23.7 Å². The third kappa shape index (κ3) is 2.68. The Labute approximate surface area is 112 Å². The lowest BCUT2D eigenvalue weighted by molar-refractivity contribution is -0.385. The van der Waals surface area contributed by atoms with Gasteiger partial charge in [-0.15, -0.1) is 0 Å². The molecule has 6 nitrogen and oxygen atoms in total. The number of nitro benzene ring substituents is 1. The largest absolute Gasteiger partial charge is 0.481 e. The quantitative estimate of drug-likeness (QED) is 0.678. The Morgan fingerprint density at radius 2 is 2.05 bits per heavy atom. The summed E-state index contributed by atoms with van der Waals surface area (Å²) >= 11 is 0. The summed E-state index contributed by atoms with van der Waals surface area (Å²) < 4.78 is 27.8. The summed E-state index contributed by atoms with van der Waals surface area (Å²) in [6, 6.07) is 0.793. The van der Waals surface area contributed by atoms with Gasteiger partial charge >= 0.3 is 5.97 Å². The van der Waals surface area contributed by atoms with Crippen LogP contribution >= 0.6 is 0 Å². The molecule has 1 saturated heterocycles. The van der Waals surface area contributed by atoms with E-state index in [1.54, 1.807) is 0 Å². The molecule has 1 aromatic rings. The molecule has 0 aromatic heterocycles. The van der Waals surface area contributed by atoms with Gasteiger partial charge in [0.05, 0.1) is 23.5 Å². The van der Waals surface area contributed by atoms with E-state index in [0.717, 1.165) is 0 Å². The number of carboxylic acid groups (broad SMARTS) is 1. The van der Waals surface area contributed by atoms with Gasteiger partial charge in [-0.1, -0.05) is 0 Å². The topological polar surface area (TPSA) is 83.7 Å². The Morgan fingerprint density at radius 1 is 1.45 bits per heavy atom. The highest BCUT2D eigenvalue weighted by Gasteiger charge is 2.31. The van der Waals surface area contributed by atoms with Crippen molar-refractivity contribution in [1.29, 1.82) is 0 Å². The summed E-state index contributed by atoms with van der Waals surface area (Å²) in [5, 5.41) is 19.3.